The molecule has 0 fully saturated rings. The summed E-state index contributed by atoms with van der Waals surface area (Å²) in [6.07, 6.45) is 7.66. The molecule has 0 saturated carbocycles. The number of imidazole rings is 1. The third-order valence-corrected chi connectivity index (χ3v) is 3.22. The van der Waals surface area contributed by atoms with Crippen molar-refractivity contribution < 1.29 is 0 Å². The van der Waals surface area contributed by atoms with Gasteiger partial charge in [0.1, 0.15) is 5.15 Å². The first kappa shape index (κ1) is 8.92. The van der Waals surface area contributed by atoms with Gasteiger partial charge in [0.25, 0.3) is 0 Å². The van der Waals surface area contributed by atoms with Crippen molar-refractivity contribution in [2.45, 2.75) is 18.9 Å². The van der Waals surface area contributed by atoms with Crippen LogP contribution >= 0.6 is 11.6 Å². The molecule has 0 radical (unpaired) electrons. The second kappa shape index (κ2) is 3.35. The first-order chi connectivity index (χ1) is 7.36. The Hall–Kier alpha value is -1.35. The van der Waals surface area contributed by atoms with Gasteiger partial charge in [-0.3, -0.25) is 0 Å². The highest BCUT2D eigenvalue weighted by Gasteiger charge is 2.24. The molecule has 0 amide bonds. The van der Waals surface area contributed by atoms with E-state index in [1.54, 1.807) is 6.20 Å². The van der Waals surface area contributed by atoms with E-state index in [4.69, 9.17) is 11.6 Å². The van der Waals surface area contributed by atoms with Crippen LogP contribution in [-0.4, -0.2) is 14.5 Å². The largest absolute Gasteiger partial charge is 0.327 e. The summed E-state index contributed by atoms with van der Waals surface area (Å²) in [5, 5.41) is 0.601. The van der Waals surface area contributed by atoms with E-state index in [-0.39, 0.29) is 0 Å². The van der Waals surface area contributed by atoms with Gasteiger partial charge in [0.05, 0.1) is 12.4 Å². The summed E-state index contributed by atoms with van der Waals surface area (Å²) < 4.78 is 2.18. The molecule has 0 aliphatic carbocycles. The highest BCUT2D eigenvalue weighted by Crippen LogP contribution is 2.33. The van der Waals surface area contributed by atoms with Gasteiger partial charge in [0.15, 0.2) is 0 Å². The fraction of sp³-hybridized carbons (Fsp3) is 0.273. The summed E-state index contributed by atoms with van der Waals surface area (Å²) in [6.45, 7) is 0. The number of hydrogen-bond donors (Lipinski definition) is 0. The predicted octanol–water partition coefficient (Wildman–Crippen LogP) is 2.47. The van der Waals surface area contributed by atoms with Crippen molar-refractivity contribution in [3.8, 4) is 0 Å². The van der Waals surface area contributed by atoms with Crippen LogP contribution in [0.5, 0.6) is 0 Å². The molecule has 4 heteroatoms. The molecule has 3 rings (SSSR count). The molecule has 1 aliphatic rings. The summed E-state index contributed by atoms with van der Waals surface area (Å²) in [6, 6.07) is 4.27. The van der Waals surface area contributed by atoms with Crippen LogP contribution in [0.3, 0.4) is 0 Å². The topological polar surface area (TPSA) is 30.7 Å². The molecule has 0 spiro atoms. The molecule has 0 bridgehead atoms. The molecule has 0 saturated heterocycles. The van der Waals surface area contributed by atoms with E-state index in [1.807, 2.05) is 24.7 Å². The standard InChI is InChI=1S/C11H10ClN3/c12-11-9(2-1-5-14-11)10-4-3-8-6-13-7-15(8)10/h1-2,5-7,10H,3-4H2. The first-order valence-electron chi connectivity index (χ1n) is 4.97. The van der Waals surface area contributed by atoms with Gasteiger partial charge in [-0.05, 0) is 18.9 Å². The van der Waals surface area contributed by atoms with Gasteiger partial charge in [-0.15, -0.1) is 0 Å². The van der Waals surface area contributed by atoms with Gasteiger partial charge in [-0.2, -0.15) is 0 Å². The van der Waals surface area contributed by atoms with E-state index < -0.39 is 0 Å². The molecule has 2 aromatic heterocycles. The number of rotatable bonds is 1. The first-order valence-corrected chi connectivity index (χ1v) is 5.35. The lowest BCUT2D eigenvalue weighted by Crippen LogP contribution is -2.05. The van der Waals surface area contributed by atoms with Gasteiger partial charge in [0, 0.05) is 23.7 Å². The summed E-state index contributed by atoms with van der Waals surface area (Å²) >= 11 is 6.09. The third kappa shape index (κ3) is 1.35. The number of hydrogen-bond acceptors (Lipinski definition) is 2. The van der Waals surface area contributed by atoms with E-state index in [0.29, 0.717) is 11.2 Å². The van der Waals surface area contributed by atoms with Crippen molar-refractivity contribution in [2.24, 2.45) is 0 Å². The smallest absolute Gasteiger partial charge is 0.134 e. The predicted molar refractivity (Wildman–Crippen MR) is 57.9 cm³/mol. The van der Waals surface area contributed by atoms with Crippen molar-refractivity contribution in [1.29, 1.82) is 0 Å². The summed E-state index contributed by atoms with van der Waals surface area (Å²) in [7, 11) is 0. The maximum Gasteiger partial charge on any atom is 0.134 e. The van der Waals surface area contributed by atoms with Crippen molar-refractivity contribution in [3.63, 3.8) is 0 Å². The van der Waals surface area contributed by atoms with Crippen LogP contribution in [0, 0.1) is 0 Å². The fourth-order valence-corrected chi connectivity index (χ4v) is 2.43. The van der Waals surface area contributed by atoms with Crippen molar-refractivity contribution in [3.05, 3.63) is 47.3 Å². The minimum atomic E-state index is 0.309. The van der Waals surface area contributed by atoms with Crippen LogP contribution < -0.4 is 0 Å². The molecular weight excluding hydrogens is 210 g/mol. The molecule has 2 aromatic rings. The number of pyridine rings is 1. The Morgan fingerprint density at radius 3 is 3.27 bits per heavy atom. The number of halogens is 1. The minimum absolute atomic E-state index is 0.309. The number of aromatic nitrogens is 3. The Morgan fingerprint density at radius 1 is 1.47 bits per heavy atom. The molecule has 76 valence electrons. The Labute approximate surface area is 92.7 Å². The Morgan fingerprint density at radius 2 is 2.40 bits per heavy atom. The summed E-state index contributed by atoms with van der Waals surface area (Å²) in [4.78, 5) is 8.26. The monoisotopic (exact) mass is 219 g/mol. The van der Waals surface area contributed by atoms with Crippen LogP contribution in [0.1, 0.15) is 23.7 Å². The van der Waals surface area contributed by atoms with Crippen LogP contribution in [0.25, 0.3) is 0 Å². The molecule has 3 nitrogen and oxygen atoms in total. The second-order valence-corrected chi connectivity index (χ2v) is 4.09. The van der Waals surface area contributed by atoms with Gasteiger partial charge in [0.2, 0.25) is 0 Å². The zero-order valence-electron chi connectivity index (χ0n) is 8.10. The van der Waals surface area contributed by atoms with Gasteiger partial charge < -0.3 is 4.57 Å². The summed E-state index contributed by atoms with van der Waals surface area (Å²) in [5.74, 6) is 0. The highest BCUT2D eigenvalue weighted by atomic mass is 35.5. The lowest BCUT2D eigenvalue weighted by Gasteiger charge is -2.13. The SMILES string of the molecule is Clc1ncccc1C1CCc2cncn21. The second-order valence-electron chi connectivity index (χ2n) is 3.73. The van der Waals surface area contributed by atoms with E-state index >= 15 is 0 Å². The van der Waals surface area contributed by atoms with Crippen molar-refractivity contribution >= 4 is 11.6 Å². The average molecular weight is 220 g/mol. The third-order valence-electron chi connectivity index (χ3n) is 2.90. The van der Waals surface area contributed by atoms with E-state index in [1.165, 1.54) is 5.69 Å². The van der Waals surface area contributed by atoms with Gasteiger partial charge in [-0.25, -0.2) is 9.97 Å². The summed E-state index contributed by atoms with van der Waals surface area (Å²) in [5.41, 5.74) is 2.37. The average Bonchev–Trinajstić information content (AvgIpc) is 2.80. The van der Waals surface area contributed by atoms with E-state index in [0.717, 1.165) is 18.4 Å². The van der Waals surface area contributed by atoms with Crippen LogP contribution in [0.4, 0.5) is 0 Å². The normalized spacial score (nSPS) is 19.1. The zero-order chi connectivity index (χ0) is 10.3. The van der Waals surface area contributed by atoms with Crippen LogP contribution in [0.15, 0.2) is 30.9 Å². The molecule has 15 heavy (non-hydrogen) atoms. The van der Waals surface area contributed by atoms with Gasteiger partial charge in [-0.1, -0.05) is 17.7 Å². The van der Waals surface area contributed by atoms with E-state index in [2.05, 4.69) is 14.5 Å². The molecule has 1 aliphatic heterocycles. The molecule has 0 aromatic carbocycles. The fourth-order valence-electron chi connectivity index (χ4n) is 2.18. The minimum Gasteiger partial charge on any atom is -0.327 e. The van der Waals surface area contributed by atoms with Crippen molar-refractivity contribution in [1.82, 2.24) is 14.5 Å². The van der Waals surface area contributed by atoms with Crippen LogP contribution in [0.2, 0.25) is 5.15 Å². The number of fused-ring (bicyclic) bond motifs is 1. The van der Waals surface area contributed by atoms with E-state index in [9.17, 15) is 0 Å². The van der Waals surface area contributed by atoms with Crippen LogP contribution in [-0.2, 0) is 6.42 Å². The number of aryl methyl sites for hydroxylation is 1. The maximum atomic E-state index is 6.09. The quantitative estimate of drug-likeness (QED) is 0.690. The maximum absolute atomic E-state index is 6.09. The van der Waals surface area contributed by atoms with Crippen molar-refractivity contribution in [2.75, 3.05) is 0 Å². The molecule has 1 atom stereocenters. The Kier molecular flexibility index (Phi) is 1.99. The lowest BCUT2D eigenvalue weighted by atomic mass is 10.1. The van der Waals surface area contributed by atoms with Gasteiger partial charge >= 0.3 is 0 Å². The highest BCUT2D eigenvalue weighted by molar-refractivity contribution is 6.30. The Bertz CT molecular complexity index is 492. The number of nitrogens with zero attached hydrogens (tertiary/aromatic N) is 3. The molecular formula is C11H10ClN3. The molecule has 3 heterocycles. The lowest BCUT2D eigenvalue weighted by molar-refractivity contribution is 0.614. The zero-order valence-corrected chi connectivity index (χ0v) is 8.85. The Balaban J connectivity index is 2.08. The molecule has 1 unspecified atom stereocenters. The molecule has 0 N–H and O–H groups in total.